The highest BCUT2D eigenvalue weighted by atomic mass is 16.2. The van der Waals surface area contributed by atoms with Crippen molar-refractivity contribution < 1.29 is 14.4 Å². The molecule has 0 radical (unpaired) electrons. The molecule has 2 aliphatic heterocycles. The third-order valence-corrected chi connectivity index (χ3v) is 6.74. The second kappa shape index (κ2) is 8.61. The van der Waals surface area contributed by atoms with Crippen LogP contribution in [-0.2, 0) is 4.79 Å². The lowest BCUT2D eigenvalue weighted by Crippen LogP contribution is -2.68. The van der Waals surface area contributed by atoms with E-state index >= 15 is 0 Å². The van der Waals surface area contributed by atoms with Crippen LogP contribution in [0.3, 0.4) is 0 Å². The van der Waals surface area contributed by atoms with Crippen LogP contribution in [0.25, 0.3) is 10.9 Å². The van der Waals surface area contributed by atoms with Gasteiger partial charge in [-0.3, -0.25) is 19.5 Å². The molecule has 0 aliphatic carbocycles. The van der Waals surface area contributed by atoms with Gasteiger partial charge < -0.3 is 4.90 Å². The number of nitrogens with zero attached hydrogens (tertiary/aromatic N) is 4. The zero-order chi connectivity index (χ0) is 24.3. The van der Waals surface area contributed by atoms with Crippen LogP contribution in [0, 0.1) is 6.92 Å². The molecule has 0 N–H and O–H groups in total. The van der Waals surface area contributed by atoms with Gasteiger partial charge in [0, 0.05) is 18.1 Å². The number of urea groups is 1. The number of carbonyl (C=O) groups excluding carboxylic acids is 3. The number of amides is 4. The van der Waals surface area contributed by atoms with Gasteiger partial charge in [0.1, 0.15) is 12.1 Å². The Morgan fingerprint density at radius 3 is 2.11 bits per heavy atom. The summed E-state index contributed by atoms with van der Waals surface area (Å²) < 4.78 is 0. The maximum atomic E-state index is 14.1. The summed E-state index contributed by atoms with van der Waals surface area (Å²) in [5.41, 5.74) is 3.61. The Morgan fingerprint density at radius 2 is 1.44 bits per heavy atom. The van der Waals surface area contributed by atoms with Gasteiger partial charge in [0.05, 0.1) is 22.5 Å². The highest BCUT2D eigenvalue weighted by Crippen LogP contribution is 2.42. The number of aryl methyl sites for hydroxylation is 1. The molecule has 2 atom stereocenters. The number of para-hydroxylation sites is 2. The first kappa shape index (κ1) is 23.2. The van der Waals surface area contributed by atoms with Crippen molar-refractivity contribution in [3.63, 3.8) is 0 Å². The van der Waals surface area contributed by atoms with E-state index in [0.29, 0.717) is 28.1 Å². The smallest absolute Gasteiger partial charge is 0.319 e. The topological polar surface area (TPSA) is 73.8 Å². The lowest BCUT2D eigenvalue weighted by Gasteiger charge is -2.50. The largest absolute Gasteiger partial charge is 0.337 e. The number of hydrogen-bond donors (Lipinski definition) is 0. The summed E-state index contributed by atoms with van der Waals surface area (Å²) in [6.45, 7) is 1.98. The number of carbonyl (C=O) groups is 3. The molecule has 4 amide bonds. The summed E-state index contributed by atoms with van der Waals surface area (Å²) in [6, 6.07) is 25.1. The minimum atomic E-state index is -0.850. The Bertz CT molecular complexity index is 1500. The fraction of sp³-hybridized carbons (Fsp3) is 0.172. The first-order valence-electron chi connectivity index (χ1n) is 11.4. The Kier molecular flexibility index (Phi) is 5.55. The van der Waals surface area contributed by atoms with Gasteiger partial charge in [-0.2, -0.15) is 0 Å². The molecule has 1 saturated heterocycles. The number of rotatable bonds is 2. The number of pyridine rings is 1. The van der Waals surface area contributed by atoms with E-state index in [1.807, 2.05) is 55.5 Å². The van der Waals surface area contributed by atoms with Gasteiger partial charge >= 0.3 is 6.03 Å². The van der Waals surface area contributed by atoms with Crippen molar-refractivity contribution in [1.29, 1.82) is 0 Å². The number of hydrogen-bond acceptors (Lipinski definition) is 4. The SMILES string of the molecule is C.Cc1ccc2nc3c(cc2c1)C(=O)N(C)C1C3C(=O)N(c2ccccc2)C(=O)N1c1ccccc1. The van der Waals surface area contributed by atoms with Crippen molar-refractivity contribution in [2.24, 2.45) is 0 Å². The average Bonchev–Trinajstić information content (AvgIpc) is 2.87. The highest BCUT2D eigenvalue weighted by Gasteiger charge is 2.55. The standard InChI is InChI=1S/C28H22N4O3.CH4/c1-17-13-14-22-18(15-17)16-21-24(29-22)23-25(30(2)26(21)33)31(19-9-5-3-6-10-19)28(35)32(27(23)34)20-11-7-4-8-12-20;/h3-16,23,25H,1-2H3;1H4. The average molecular weight is 479 g/mol. The number of likely N-dealkylation sites (N-methyl/N-ethyl adjacent to an activating group) is 1. The van der Waals surface area contributed by atoms with Crippen molar-refractivity contribution in [3.05, 3.63) is 102 Å². The Morgan fingerprint density at radius 1 is 0.806 bits per heavy atom. The van der Waals surface area contributed by atoms with Gasteiger partial charge in [0.25, 0.3) is 5.91 Å². The molecule has 180 valence electrons. The zero-order valence-electron chi connectivity index (χ0n) is 19.3. The summed E-state index contributed by atoms with van der Waals surface area (Å²) in [5.74, 6) is -1.53. The maximum absolute atomic E-state index is 14.1. The van der Waals surface area contributed by atoms with Gasteiger partial charge in [-0.15, -0.1) is 0 Å². The zero-order valence-corrected chi connectivity index (χ0v) is 19.3. The van der Waals surface area contributed by atoms with E-state index in [9.17, 15) is 14.4 Å². The van der Waals surface area contributed by atoms with E-state index in [0.717, 1.165) is 10.9 Å². The molecule has 6 rings (SSSR count). The molecule has 3 heterocycles. The van der Waals surface area contributed by atoms with Crippen LogP contribution in [0.1, 0.15) is 35.0 Å². The molecule has 1 aromatic heterocycles. The summed E-state index contributed by atoms with van der Waals surface area (Å²) in [4.78, 5) is 50.5. The minimum absolute atomic E-state index is 0. The van der Waals surface area contributed by atoms with Crippen molar-refractivity contribution >= 4 is 40.1 Å². The predicted molar refractivity (Wildman–Crippen MR) is 140 cm³/mol. The Balaban J connectivity index is 0.00000267. The number of anilines is 2. The predicted octanol–water partition coefficient (Wildman–Crippen LogP) is 5.35. The van der Waals surface area contributed by atoms with Crippen LogP contribution in [0.5, 0.6) is 0 Å². The van der Waals surface area contributed by atoms with Crippen LogP contribution < -0.4 is 9.80 Å². The van der Waals surface area contributed by atoms with Crippen LogP contribution >= 0.6 is 0 Å². The maximum Gasteiger partial charge on any atom is 0.337 e. The van der Waals surface area contributed by atoms with Crippen molar-refractivity contribution in [2.45, 2.75) is 26.4 Å². The van der Waals surface area contributed by atoms with E-state index in [1.54, 1.807) is 43.4 Å². The van der Waals surface area contributed by atoms with Gasteiger partial charge in [-0.05, 0) is 49.4 Å². The van der Waals surface area contributed by atoms with E-state index < -0.39 is 24.0 Å². The second-order valence-electron chi connectivity index (χ2n) is 8.92. The normalized spacial score (nSPS) is 19.2. The van der Waals surface area contributed by atoms with Crippen molar-refractivity contribution in [2.75, 3.05) is 16.8 Å². The van der Waals surface area contributed by atoms with Crippen LogP contribution in [-0.4, -0.2) is 40.9 Å². The number of benzene rings is 3. The second-order valence-corrected chi connectivity index (χ2v) is 8.92. The molecule has 36 heavy (non-hydrogen) atoms. The van der Waals surface area contributed by atoms with E-state index in [-0.39, 0.29) is 13.3 Å². The van der Waals surface area contributed by atoms with Crippen molar-refractivity contribution in [3.8, 4) is 0 Å². The third kappa shape index (κ3) is 3.35. The summed E-state index contributed by atoms with van der Waals surface area (Å²) in [6.07, 6.45) is -0.840. The summed E-state index contributed by atoms with van der Waals surface area (Å²) >= 11 is 0. The molecule has 7 nitrogen and oxygen atoms in total. The van der Waals surface area contributed by atoms with Crippen molar-refractivity contribution in [1.82, 2.24) is 9.88 Å². The molecule has 7 heteroatoms. The Hall–Kier alpha value is -4.52. The fourth-order valence-corrected chi connectivity index (χ4v) is 5.08. The van der Waals surface area contributed by atoms with Gasteiger partial charge in [-0.25, -0.2) is 9.69 Å². The molecule has 2 aliphatic rings. The lowest BCUT2D eigenvalue weighted by atomic mass is 9.86. The van der Waals surface area contributed by atoms with Crippen LogP contribution in [0.15, 0.2) is 84.9 Å². The summed E-state index contributed by atoms with van der Waals surface area (Å²) in [5, 5.41) is 0.836. The molecular weight excluding hydrogens is 452 g/mol. The molecule has 0 saturated carbocycles. The monoisotopic (exact) mass is 478 g/mol. The number of imide groups is 1. The molecule has 0 bridgehead atoms. The van der Waals surface area contributed by atoms with Gasteiger partial charge in [-0.1, -0.05) is 55.5 Å². The van der Waals surface area contributed by atoms with Crippen LogP contribution in [0.4, 0.5) is 16.2 Å². The van der Waals surface area contributed by atoms with E-state index in [1.165, 1.54) is 14.7 Å². The first-order valence-corrected chi connectivity index (χ1v) is 11.4. The van der Waals surface area contributed by atoms with Gasteiger partial charge in [0.2, 0.25) is 5.91 Å². The van der Waals surface area contributed by atoms with Gasteiger partial charge in [0.15, 0.2) is 0 Å². The summed E-state index contributed by atoms with van der Waals surface area (Å²) in [7, 11) is 1.64. The Labute approximate surface area is 209 Å². The lowest BCUT2D eigenvalue weighted by molar-refractivity contribution is -0.121. The molecule has 0 spiro atoms. The van der Waals surface area contributed by atoms with E-state index in [4.69, 9.17) is 4.98 Å². The molecule has 4 aromatic rings. The van der Waals surface area contributed by atoms with Crippen LogP contribution in [0.2, 0.25) is 0 Å². The number of fused-ring (bicyclic) bond motifs is 4. The number of aromatic nitrogens is 1. The quantitative estimate of drug-likeness (QED) is 0.389. The molecule has 1 fully saturated rings. The highest BCUT2D eigenvalue weighted by molar-refractivity contribution is 6.25. The minimum Gasteiger partial charge on any atom is -0.319 e. The first-order chi connectivity index (χ1) is 17.0. The molecule has 3 aromatic carbocycles. The molecular formula is C29H26N4O3. The fourth-order valence-electron chi connectivity index (χ4n) is 5.08. The van der Waals surface area contributed by atoms with E-state index in [2.05, 4.69) is 0 Å². The molecule has 2 unspecified atom stereocenters. The third-order valence-electron chi connectivity index (χ3n) is 6.74.